The number of fused-ring (bicyclic) bond motifs is 1. The van der Waals surface area contributed by atoms with Gasteiger partial charge in [0.25, 0.3) is 5.56 Å². The van der Waals surface area contributed by atoms with E-state index < -0.39 is 0 Å². The quantitative estimate of drug-likeness (QED) is 0.251. The van der Waals surface area contributed by atoms with Gasteiger partial charge in [0.1, 0.15) is 5.75 Å². The second-order valence-electron chi connectivity index (χ2n) is 9.95. The summed E-state index contributed by atoms with van der Waals surface area (Å²) < 4.78 is 12.5. The fraction of sp³-hybridized carbons (Fsp3) is 0.303. The Balaban J connectivity index is 1.49. The van der Waals surface area contributed by atoms with Crippen molar-refractivity contribution in [1.82, 2.24) is 9.78 Å². The summed E-state index contributed by atoms with van der Waals surface area (Å²) in [6, 6.07) is 29.9. The van der Waals surface area contributed by atoms with Crippen LogP contribution in [-0.4, -0.2) is 29.0 Å². The van der Waals surface area contributed by atoms with E-state index in [1.54, 1.807) is 17.7 Å². The Bertz CT molecular complexity index is 1430. The molecule has 0 spiro atoms. The molecule has 1 aromatic heterocycles. The molecule has 6 heteroatoms. The fourth-order valence-electron chi connectivity index (χ4n) is 5.71. The number of nitrogens with zero attached hydrogens (tertiary/aromatic N) is 2. The minimum atomic E-state index is -0.380. The van der Waals surface area contributed by atoms with Crippen LogP contribution in [0.4, 0.5) is 0 Å². The highest BCUT2D eigenvalue weighted by Crippen LogP contribution is 2.42. The molecule has 0 saturated carbocycles. The number of ether oxygens (including phenoxy) is 2. The number of hydrogen-bond donors (Lipinski definition) is 0. The van der Waals surface area contributed by atoms with Crippen LogP contribution in [0.15, 0.2) is 95.8 Å². The van der Waals surface area contributed by atoms with Gasteiger partial charge in [0.05, 0.1) is 24.3 Å². The van der Waals surface area contributed by atoms with Gasteiger partial charge in [0, 0.05) is 12.0 Å². The molecule has 0 fully saturated rings. The van der Waals surface area contributed by atoms with Crippen LogP contribution in [0, 0.1) is 0 Å². The van der Waals surface area contributed by atoms with Crippen molar-refractivity contribution in [2.24, 2.45) is 0 Å². The minimum Gasteiger partial charge on any atom is -0.482 e. The normalized spacial score (nSPS) is 15.4. The topological polar surface area (TPSA) is 70.4 Å². The molecule has 0 aliphatic heterocycles. The van der Waals surface area contributed by atoms with Crippen LogP contribution in [0.1, 0.15) is 72.5 Å². The van der Waals surface area contributed by atoms with E-state index in [4.69, 9.17) is 14.6 Å². The third-order valence-electron chi connectivity index (χ3n) is 7.54. The van der Waals surface area contributed by atoms with Crippen molar-refractivity contribution in [3.05, 3.63) is 129 Å². The lowest BCUT2D eigenvalue weighted by atomic mass is 9.79. The predicted molar refractivity (Wildman–Crippen MR) is 151 cm³/mol. The number of hydrogen-bond acceptors (Lipinski definition) is 5. The Morgan fingerprint density at radius 3 is 2.31 bits per heavy atom. The van der Waals surface area contributed by atoms with Crippen molar-refractivity contribution in [3.63, 3.8) is 0 Å². The molecule has 200 valence electrons. The van der Waals surface area contributed by atoms with E-state index in [1.807, 2.05) is 54.6 Å². The van der Waals surface area contributed by atoms with Crippen LogP contribution >= 0.6 is 0 Å². The highest BCUT2D eigenvalue weighted by molar-refractivity contribution is 5.71. The molecule has 6 nitrogen and oxygen atoms in total. The first-order valence-corrected chi connectivity index (χ1v) is 13.7. The first kappa shape index (κ1) is 26.4. The molecule has 3 aromatic carbocycles. The highest BCUT2D eigenvalue weighted by Gasteiger charge is 2.30. The summed E-state index contributed by atoms with van der Waals surface area (Å²) >= 11 is 0. The van der Waals surface area contributed by atoms with Crippen LogP contribution in [0.5, 0.6) is 5.75 Å². The maximum absolute atomic E-state index is 13.2. The molecule has 5 rings (SSSR count). The second-order valence-corrected chi connectivity index (χ2v) is 9.95. The number of aromatic nitrogens is 2. The largest absolute Gasteiger partial charge is 0.482 e. The third kappa shape index (κ3) is 5.80. The Kier molecular flexibility index (Phi) is 8.21. The minimum absolute atomic E-state index is 0.0898. The predicted octanol–water partition coefficient (Wildman–Crippen LogP) is 6.05. The van der Waals surface area contributed by atoms with E-state index in [2.05, 4.69) is 37.3 Å². The summed E-state index contributed by atoms with van der Waals surface area (Å²) in [6.45, 7) is 4.06. The lowest BCUT2D eigenvalue weighted by Gasteiger charge is -2.32. The van der Waals surface area contributed by atoms with Gasteiger partial charge in [-0.05, 0) is 67.5 Å². The fourth-order valence-corrected chi connectivity index (χ4v) is 5.71. The van der Waals surface area contributed by atoms with Crippen molar-refractivity contribution < 1.29 is 14.3 Å². The molecule has 4 aromatic rings. The summed E-state index contributed by atoms with van der Waals surface area (Å²) in [5.41, 5.74) is 5.22. The zero-order chi connectivity index (χ0) is 27.2. The van der Waals surface area contributed by atoms with E-state index >= 15 is 0 Å². The monoisotopic (exact) mass is 522 g/mol. The summed E-state index contributed by atoms with van der Waals surface area (Å²) in [6.07, 6.45) is 2.77. The zero-order valence-electron chi connectivity index (χ0n) is 22.5. The van der Waals surface area contributed by atoms with Crippen molar-refractivity contribution in [3.8, 4) is 5.75 Å². The van der Waals surface area contributed by atoms with E-state index in [9.17, 15) is 9.59 Å². The van der Waals surface area contributed by atoms with Gasteiger partial charge in [-0.1, -0.05) is 72.8 Å². The van der Waals surface area contributed by atoms with E-state index in [0.29, 0.717) is 12.4 Å². The standard InChI is InChI=1S/C33H34N2O4/c1-3-38-32(37)22-39-30-19-11-17-27-26(16-10-18-28(27)30)23(2)35-31(36)21-20-29(34-35)33(24-12-6-4-7-13-24)25-14-8-5-9-15-25/h4-9,11-15,17,19-21,23,26,33H,3,10,16,18,22H2,1-2H3. The maximum atomic E-state index is 13.2. The Morgan fingerprint density at radius 1 is 0.949 bits per heavy atom. The summed E-state index contributed by atoms with van der Waals surface area (Å²) in [7, 11) is 0. The molecule has 2 unspecified atom stereocenters. The summed E-state index contributed by atoms with van der Waals surface area (Å²) in [5, 5.41) is 4.99. The van der Waals surface area contributed by atoms with Crippen LogP contribution < -0.4 is 10.3 Å². The first-order chi connectivity index (χ1) is 19.1. The van der Waals surface area contributed by atoms with Gasteiger partial charge in [0.15, 0.2) is 6.61 Å². The Labute approximate surface area is 229 Å². The average molecular weight is 523 g/mol. The molecular formula is C33H34N2O4. The number of carbonyl (C=O) groups is 1. The third-order valence-corrected chi connectivity index (χ3v) is 7.54. The van der Waals surface area contributed by atoms with Crippen LogP contribution in [0.2, 0.25) is 0 Å². The van der Waals surface area contributed by atoms with Crippen LogP contribution in [0.3, 0.4) is 0 Å². The van der Waals surface area contributed by atoms with Crippen molar-refractivity contribution in [2.45, 2.75) is 51.0 Å². The van der Waals surface area contributed by atoms with Gasteiger partial charge >= 0.3 is 5.97 Å². The zero-order valence-corrected chi connectivity index (χ0v) is 22.5. The van der Waals surface area contributed by atoms with Crippen LogP contribution in [0.25, 0.3) is 0 Å². The first-order valence-electron chi connectivity index (χ1n) is 13.7. The van der Waals surface area contributed by atoms with Gasteiger partial charge < -0.3 is 9.47 Å². The molecule has 1 aliphatic carbocycles. The molecular weight excluding hydrogens is 488 g/mol. The molecule has 0 radical (unpaired) electrons. The molecule has 0 saturated heterocycles. The van der Waals surface area contributed by atoms with E-state index in [-0.39, 0.29) is 36.0 Å². The van der Waals surface area contributed by atoms with Gasteiger partial charge in [-0.25, -0.2) is 9.48 Å². The Morgan fingerprint density at radius 2 is 1.64 bits per heavy atom. The molecule has 39 heavy (non-hydrogen) atoms. The number of benzene rings is 3. The molecule has 0 amide bonds. The molecule has 0 N–H and O–H groups in total. The van der Waals surface area contributed by atoms with Gasteiger partial charge in [-0.15, -0.1) is 0 Å². The van der Waals surface area contributed by atoms with E-state index in [1.165, 1.54) is 0 Å². The van der Waals surface area contributed by atoms with Crippen molar-refractivity contribution in [1.29, 1.82) is 0 Å². The smallest absolute Gasteiger partial charge is 0.344 e. The lowest BCUT2D eigenvalue weighted by Crippen LogP contribution is -2.31. The molecule has 2 atom stereocenters. The number of esters is 1. The Hall–Kier alpha value is -4.19. The average Bonchev–Trinajstić information content (AvgIpc) is 2.97. The van der Waals surface area contributed by atoms with Crippen molar-refractivity contribution >= 4 is 5.97 Å². The second kappa shape index (κ2) is 12.1. The molecule has 1 heterocycles. The van der Waals surface area contributed by atoms with Crippen LogP contribution in [-0.2, 0) is 16.0 Å². The summed E-state index contributed by atoms with van der Waals surface area (Å²) in [4.78, 5) is 25.1. The number of carbonyl (C=O) groups excluding carboxylic acids is 1. The van der Waals surface area contributed by atoms with Gasteiger partial charge in [0.2, 0.25) is 0 Å². The summed E-state index contributed by atoms with van der Waals surface area (Å²) in [5.74, 6) is 0.328. The SMILES string of the molecule is CCOC(=O)COc1cccc2c1CCCC2C(C)n1nc(C(c2ccccc2)c2ccccc2)ccc1=O. The molecule has 1 aliphatic rings. The molecule has 0 bridgehead atoms. The van der Waals surface area contributed by atoms with E-state index in [0.717, 1.165) is 47.2 Å². The maximum Gasteiger partial charge on any atom is 0.344 e. The van der Waals surface area contributed by atoms with Crippen molar-refractivity contribution in [2.75, 3.05) is 13.2 Å². The van der Waals surface area contributed by atoms with Gasteiger partial charge in [-0.3, -0.25) is 4.79 Å². The lowest BCUT2D eigenvalue weighted by molar-refractivity contribution is -0.145. The highest BCUT2D eigenvalue weighted by atomic mass is 16.6. The van der Waals surface area contributed by atoms with Gasteiger partial charge in [-0.2, -0.15) is 5.10 Å². The number of rotatable bonds is 9.